The number of nitrogens with one attached hydrogen (secondary N) is 1. The molecule has 1 N–H and O–H groups in total. The number of hydrogen-bond acceptors (Lipinski definition) is 7. The SMILES string of the molecule is COc1cc(OC)cc(C(NC(=O)Cc2ccc(-n3cnnn3)cc2)c2nccn2C)c1. The van der Waals surface area contributed by atoms with Gasteiger partial charge in [0.2, 0.25) is 5.91 Å². The lowest BCUT2D eigenvalue weighted by molar-refractivity contribution is -0.121. The van der Waals surface area contributed by atoms with Gasteiger partial charge in [-0.3, -0.25) is 4.79 Å². The monoisotopic (exact) mass is 433 g/mol. The number of nitrogens with zero attached hydrogens (tertiary/aromatic N) is 6. The number of hydrogen-bond donors (Lipinski definition) is 1. The van der Waals surface area contributed by atoms with Crippen molar-refractivity contribution in [3.05, 3.63) is 78.1 Å². The molecule has 0 radical (unpaired) electrons. The van der Waals surface area contributed by atoms with E-state index in [1.807, 2.05) is 54.2 Å². The Morgan fingerprint density at radius 1 is 1.09 bits per heavy atom. The highest BCUT2D eigenvalue weighted by Gasteiger charge is 2.22. The zero-order valence-electron chi connectivity index (χ0n) is 18.0. The third-order valence-electron chi connectivity index (χ3n) is 5.04. The van der Waals surface area contributed by atoms with Crippen LogP contribution in [0.25, 0.3) is 5.69 Å². The van der Waals surface area contributed by atoms with Gasteiger partial charge < -0.3 is 19.4 Å². The quantitative estimate of drug-likeness (QED) is 0.452. The number of aromatic nitrogens is 6. The van der Waals surface area contributed by atoms with Crippen LogP contribution in [0.15, 0.2) is 61.2 Å². The minimum atomic E-state index is -0.480. The maximum absolute atomic E-state index is 13.0. The summed E-state index contributed by atoms with van der Waals surface area (Å²) in [6, 6.07) is 12.5. The third-order valence-corrected chi connectivity index (χ3v) is 5.04. The second kappa shape index (κ2) is 9.29. The predicted molar refractivity (Wildman–Crippen MR) is 116 cm³/mol. The summed E-state index contributed by atoms with van der Waals surface area (Å²) in [5, 5.41) is 14.2. The molecule has 1 unspecified atom stereocenters. The van der Waals surface area contributed by atoms with Gasteiger partial charge in [0.05, 0.1) is 26.3 Å². The van der Waals surface area contributed by atoms with Crippen molar-refractivity contribution in [2.75, 3.05) is 14.2 Å². The lowest BCUT2D eigenvalue weighted by Crippen LogP contribution is -2.32. The van der Waals surface area contributed by atoms with Crippen LogP contribution >= 0.6 is 0 Å². The Labute approximate surface area is 184 Å². The average molecular weight is 433 g/mol. The average Bonchev–Trinajstić information content (AvgIpc) is 3.50. The number of rotatable bonds is 8. The number of tetrazole rings is 1. The van der Waals surface area contributed by atoms with E-state index >= 15 is 0 Å². The molecule has 0 spiro atoms. The predicted octanol–water partition coefficient (Wildman–Crippen LogP) is 1.86. The minimum absolute atomic E-state index is 0.144. The third kappa shape index (κ3) is 4.59. The normalized spacial score (nSPS) is 11.7. The van der Waals surface area contributed by atoms with Crippen molar-refractivity contribution in [1.82, 2.24) is 35.1 Å². The molecule has 0 saturated heterocycles. The van der Waals surface area contributed by atoms with Gasteiger partial charge in [0, 0.05) is 25.5 Å². The van der Waals surface area contributed by atoms with E-state index in [4.69, 9.17) is 9.47 Å². The molecular weight excluding hydrogens is 410 g/mol. The number of amides is 1. The van der Waals surface area contributed by atoms with Crippen molar-refractivity contribution in [2.45, 2.75) is 12.5 Å². The molecule has 0 fully saturated rings. The largest absolute Gasteiger partial charge is 0.497 e. The molecular formula is C22H23N7O3. The van der Waals surface area contributed by atoms with Crippen LogP contribution < -0.4 is 14.8 Å². The van der Waals surface area contributed by atoms with Crippen LogP contribution in [0.4, 0.5) is 0 Å². The summed E-state index contributed by atoms with van der Waals surface area (Å²) in [7, 11) is 5.06. The maximum atomic E-state index is 13.0. The van der Waals surface area contributed by atoms with Gasteiger partial charge in [0.1, 0.15) is 29.7 Å². The molecule has 164 valence electrons. The minimum Gasteiger partial charge on any atom is -0.497 e. The van der Waals surface area contributed by atoms with E-state index in [1.54, 1.807) is 31.2 Å². The van der Waals surface area contributed by atoms with Gasteiger partial charge in [-0.25, -0.2) is 9.67 Å². The molecule has 10 heteroatoms. The van der Waals surface area contributed by atoms with Gasteiger partial charge in [-0.15, -0.1) is 5.10 Å². The highest BCUT2D eigenvalue weighted by molar-refractivity contribution is 5.79. The van der Waals surface area contributed by atoms with Crippen LogP contribution in [0.2, 0.25) is 0 Å². The molecule has 2 aromatic heterocycles. The summed E-state index contributed by atoms with van der Waals surface area (Å²) in [4.78, 5) is 17.4. The van der Waals surface area contributed by atoms with Crippen molar-refractivity contribution in [2.24, 2.45) is 7.05 Å². The summed E-state index contributed by atoms with van der Waals surface area (Å²) >= 11 is 0. The van der Waals surface area contributed by atoms with E-state index in [-0.39, 0.29) is 12.3 Å². The van der Waals surface area contributed by atoms with Crippen LogP contribution in [-0.2, 0) is 18.3 Å². The smallest absolute Gasteiger partial charge is 0.225 e. The first-order chi connectivity index (χ1) is 15.6. The molecule has 0 saturated carbocycles. The van der Waals surface area contributed by atoms with Gasteiger partial charge in [-0.2, -0.15) is 0 Å². The van der Waals surface area contributed by atoms with E-state index in [2.05, 4.69) is 25.8 Å². The van der Waals surface area contributed by atoms with Crippen molar-refractivity contribution < 1.29 is 14.3 Å². The molecule has 0 aliphatic carbocycles. The fourth-order valence-electron chi connectivity index (χ4n) is 3.39. The van der Waals surface area contributed by atoms with E-state index in [9.17, 15) is 4.79 Å². The number of aryl methyl sites for hydroxylation is 1. The summed E-state index contributed by atoms with van der Waals surface area (Å²) in [5.74, 6) is 1.81. The first-order valence-electron chi connectivity index (χ1n) is 9.89. The van der Waals surface area contributed by atoms with Gasteiger partial charge >= 0.3 is 0 Å². The first kappa shape index (κ1) is 21.0. The molecule has 0 bridgehead atoms. The Morgan fingerprint density at radius 2 is 1.81 bits per heavy atom. The first-order valence-corrected chi connectivity index (χ1v) is 9.89. The summed E-state index contributed by atoms with van der Waals surface area (Å²) < 4.78 is 14.2. The highest BCUT2D eigenvalue weighted by Crippen LogP contribution is 2.29. The Morgan fingerprint density at radius 3 is 2.38 bits per heavy atom. The Kier molecular flexibility index (Phi) is 6.11. The van der Waals surface area contributed by atoms with Crippen LogP contribution in [-0.4, -0.2) is 49.9 Å². The summed E-state index contributed by atoms with van der Waals surface area (Å²) in [5.41, 5.74) is 2.48. The zero-order chi connectivity index (χ0) is 22.5. The van der Waals surface area contributed by atoms with E-state index < -0.39 is 6.04 Å². The zero-order valence-corrected chi connectivity index (χ0v) is 18.0. The fourth-order valence-corrected chi connectivity index (χ4v) is 3.39. The molecule has 32 heavy (non-hydrogen) atoms. The topological polar surface area (TPSA) is 109 Å². The van der Waals surface area contributed by atoms with Crippen LogP contribution in [0, 0.1) is 0 Å². The molecule has 4 rings (SSSR count). The van der Waals surface area contributed by atoms with E-state index in [1.165, 1.54) is 6.33 Å². The fraction of sp³-hybridized carbons (Fsp3) is 0.227. The Hall–Kier alpha value is -4.21. The number of benzene rings is 2. The summed E-state index contributed by atoms with van der Waals surface area (Å²) in [6.07, 6.45) is 5.26. The van der Waals surface area contributed by atoms with Crippen molar-refractivity contribution >= 4 is 5.91 Å². The van der Waals surface area contributed by atoms with Gasteiger partial charge in [0.25, 0.3) is 0 Å². The molecule has 0 aliphatic heterocycles. The molecule has 2 heterocycles. The van der Waals surface area contributed by atoms with Crippen LogP contribution in [0.3, 0.4) is 0 Å². The molecule has 4 aromatic rings. The Bertz CT molecular complexity index is 1160. The second-order valence-corrected chi connectivity index (χ2v) is 7.14. The second-order valence-electron chi connectivity index (χ2n) is 7.14. The Balaban J connectivity index is 1.56. The van der Waals surface area contributed by atoms with Crippen LogP contribution in [0.5, 0.6) is 11.5 Å². The van der Waals surface area contributed by atoms with Gasteiger partial charge in [0.15, 0.2) is 0 Å². The van der Waals surface area contributed by atoms with E-state index in [0.29, 0.717) is 17.3 Å². The lowest BCUT2D eigenvalue weighted by Gasteiger charge is -2.20. The molecule has 1 atom stereocenters. The van der Waals surface area contributed by atoms with Crippen molar-refractivity contribution in [3.8, 4) is 17.2 Å². The molecule has 0 aliphatic rings. The summed E-state index contributed by atoms with van der Waals surface area (Å²) in [6.45, 7) is 0. The van der Waals surface area contributed by atoms with Crippen molar-refractivity contribution in [3.63, 3.8) is 0 Å². The standard InChI is InChI=1S/C22H23N7O3/c1-28-9-8-23-22(28)21(16-11-18(31-2)13-19(12-16)32-3)25-20(30)10-15-4-6-17(7-5-15)29-14-24-26-27-29/h4-9,11-14,21H,10H2,1-3H3,(H,25,30). The lowest BCUT2D eigenvalue weighted by atomic mass is 10.0. The number of imidazole rings is 1. The highest BCUT2D eigenvalue weighted by atomic mass is 16.5. The van der Waals surface area contributed by atoms with E-state index in [0.717, 1.165) is 16.8 Å². The number of methoxy groups -OCH3 is 2. The number of ether oxygens (including phenoxy) is 2. The molecule has 2 aromatic carbocycles. The van der Waals surface area contributed by atoms with Gasteiger partial charge in [-0.05, 0) is 45.8 Å². The molecule has 10 nitrogen and oxygen atoms in total. The number of carbonyl (C=O) groups is 1. The van der Waals surface area contributed by atoms with Crippen LogP contribution in [0.1, 0.15) is 23.0 Å². The van der Waals surface area contributed by atoms with Gasteiger partial charge in [-0.1, -0.05) is 12.1 Å². The maximum Gasteiger partial charge on any atom is 0.225 e. The molecule has 1 amide bonds. The van der Waals surface area contributed by atoms with Crippen molar-refractivity contribution in [1.29, 1.82) is 0 Å². The number of carbonyl (C=O) groups excluding carboxylic acids is 1.